The Morgan fingerprint density at radius 1 is 0.959 bits per heavy atom. The molecule has 0 saturated carbocycles. The Morgan fingerprint density at radius 2 is 1.77 bits per heavy atom. The van der Waals surface area contributed by atoms with Crippen LogP contribution in [-0.4, -0.2) is 142 Å². The van der Waals surface area contributed by atoms with Gasteiger partial charge in [0.1, 0.15) is 42.1 Å². The van der Waals surface area contributed by atoms with Gasteiger partial charge in [-0.3, -0.25) is 39.3 Å². The highest BCUT2D eigenvalue weighted by Gasteiger charge is 2.52. The summed E-state index contributed by atoms with van der Waals surface area (Å²) in [5.41, 5.74) is 1.74. The van der Waals surface area contributed by atoms with Crippen LogP contribution in [0, 0.1) is 29.9 Å². The molecule has 6 saturated heterocycles. The third-order valence-electron chi connectivity index (χ3n) is 16.0. The van der Waals surface area contributed by atoms with Crippen LogP contribution in [0.25, 0.3) is 32.9 Å². The lowest BCUT2D eigenvalue weighted by Crippen LogP contribution is -2.54. The number of carbonyl (C=O) groups is 5. The van der Waals surface area contributed by atoms with Gasteiger partial charge in [0.05, 0.1) is 27.6 Å². The summed E-state index contributed by atoms with van der Waals surface area (Å²) in [7, 11) is 0. The zero-order chi connectivity index (χ0) is 50.3. The fraction of sp³-hybridized carbons (Fsp3) is 0.407. The summed E-state index contributed by atoms with van der Waals surface area (Å²) in [6.07, 6.45) is 11.9. The van der Waals surface area contributed by atoms with Crippen molar-refractivity contribution in [1.82, 2.24) is 40.3 Å². The van der Waals surface area contributed by atoms with E-state index in [1.165, 1.54) is 6.07 Å². The number of nitrogens with zero attached hydrogens (tertiary/aromatic N) is 7. The van der Waals surface area contributed by atoms with Crippen molar-refractivity contribution < 1.29 is 42.2 Å². The number of nitrogens with one attached hydrogen (secondary N) is 3. The minimum absolute atomic E-state index is 0.0171. The van der Waals surface area contributed by atoms with E-state index >= 15 is 8.78 Å². The average Bonchev–Trinajstić information content (AvgIpc) is 4.21. The average molecular weight is 991 g/mol. The van der Waals surface area contributed by atoms with E-state index in [1.54, 1.807) is 53.6 Å². The quantitative estimate of drug-likeness (QED) is 0.0847. The molecule has 0 aliphatic carbocycles. The monoisotopic (exact) mass is 990 g/mol. The molecule has 0 radical (unpaired) electrons. The minimum Gasteiger partial charge on any atom is -0.461 e. The lowest BCUT2D eigenvalue weighted by atomic mass is 9.94. The third kappa shape index (κ3) is 8.07. The first-order chi connectivity index (χ1) is 35.4. The maximum absolute atomic E-state index is 17.2. The van der Waals surface area contributed by atoms with Crippen molar-refractivity contribution in [3.05, 3.63) is 95.2 Å². The number of fused-ring (bicyclic) bond motifs is 6. The summed E-state index contributed by atoms with van der Waals surface area (Å²) < 4.78 is 44.9. The number of amides is 5. The van der Waals surface area contributed by atoms with Gasteiger partial charge in [0.25, 0.3) is 11.8 Å². The maximum Gasteiger partial charge on any atom is 0.409 e. The first-order valence-corrected chi connectivity index (χ1v) is 25.0. The van der Waals surface area contributed by atoms with E-state index in [0.717, 1.165) is 36.2 Å². The molecule has 5 aromatic rings. The van der Waals surface area contributed by atoms with Crippen LogP contribution in [-0.2, 0) is 14.3 Å². The van der Waals surface area contributed by atoms with Gasteiger partial charge in [-0.05, 0) is 74.4 Å². The smallest absolute Gasteiger partial charge is 0.409 e. The Balaban J connectivity index is 0.722. The number of rotatable bonds is 11. The number of hydrogen-bond donors (Lipinski definition) is 3. The molecule has 6 fully saturated rings. The molecular weight excluding hydrogens is 939 g/mol. The van der Waals surface area contributed by atoms with Crippen molar-refractivity contribution in [1.29, 1.82) is 0 Å². The van der Waals surface area contributed by atoms with Crippen molar-refractivity contribution in [2.75, 3.05) is 62.7 Å². The largest absolute Gasteiger partial charge is 0.461 e. The Kier molecular flexibility index (Phi) is 11.6. The summed E-state index contributed by atoms with van der Waals surface area (Å²) in [5.74, 6) is -0.558. The fourth-order valence-corrected chi connectivity index (χ4v) is 12.5. The number of benzene rings is 3. The normalized spacial score (nSPS) is 25.7. The van der Waals surface area contributed by atoms with Crippen molar-refractivity contribution in [3.63, 3.8) is 0 Å². The topological polar surface area (TPSA) is 192 Å². The third-order valence-corrected chi connectivity index (χ3v) is 16.0. The number of piperidine rings is 1. The minimum atomic E-state index is -1.06. The zero-order valence-electron chi connectivity index (χ0n) is 39.9. The van der Waals surface area contributed by atoms with Gasteiger partial charge < -0.3 is 29.9 Å². The van der Waals surface area contributed by atoms with Crippen LogP contribution in [0.3, 0.4) is 0 Å². The van der Waals surface area contributed by atoms with Crippen LogP contribution in [0.15, 0.2) is 66.9 Å². The molecule has 17 nitrogen and oxygen atoms in total. The number of piperazine rings is 1. The molecule has 73 heavy (non-hydrogen) atoms. The van der Waals surface area contributed by atoms with E-state index in [1.807, 2.05) is 0 Å². The van der Waals surface area contributed by atoms with Gasteiger partial charge in [-0.25, -0.2) is 13.6 Å². The zero-order valence-corrected chi connectivity index (χ0v) is 39.9. The molecule has 374 valence electrons. The highest BCUT2D eigenvalue weighted by Crippen LogP contribution is 2.45. The van der Waals surface area contributed by atoms with Crippen molar-refractivity contribution in [3.8, 4) is 29.6 Å². The van der Waals surface area contributed by atoms with Crippen molar-refractivity contribution >= 4 is 62.9 Å². The molecule has 7 aliphatic rings. The SMILES string of the molecule is C#Cc1c(F)ccc2cccc(-c3ncc4c(N5CC6CCC(C5)N6)nc(OC[C@@]56CC[C@@H](COC(=O)N7CCC(CNc8cccc9c8C(=O)N(C8CCC(=O)NC8=O)C9=O)C7)N5CC(=C)C6)nc4c3F)c12. The van der Waals surface area contributed by atoms with Gasteiger partial charge in [0, 0.05) is 86.6 Å². The predicted octanol–water partition coefficient (Wildman–Crippen LogP) is 5.56. The molecule has 6 atom stereocenters. The number of halogens is 2. The van der Waals surface area contributed by atoms with Crippen LogP contribution in [0.4, 0.5) is 25.1 Å². The second kappa shape index (κ2) is 18.2. The number of ether oxygens (including phenoxy) is 2. The molecular formula is C54H52F2N10O7. The summed E-state index contributed by atoms with van der Waals surface area (Å²) in [4.78, 5) is 86.3. The Bertz CT molecular complexity index is 3240. The number of aromatic nitrogens is 3. The second-order valence-corrected chi connectivity index (χ2v) is 20.5. The highest BCUT2D eigenvalue weighted by molar-refractivity contribution is 6.25. The molecule has 3 N–H and O–H groups in total. The molecule has 9 heterocycles. The number of carbonyl (C=O) groups excluding carboxylic acids is 5. The Labute approximate surface area is 418 Å². The standard InChI is InChI=1S/C54H52F2N10O7/c1-3-35-39(55)13-10-31-6-4-7-36(43(31)35)46-45(56)47-38(22-58-46)48(64-25-32-11-12-33(26-64)59-32)62-52(61-47)73-28-54-18-16-34(65(54)23-29(2)20-54)27-72-53(71)63-19-17-30(24-63)21-57-40-9-5-8-37-44(40)51(70)66(50(37)69)41-14-15-42(67)60-49(41)68/h1,4-10,13,22,30,32-34,41,57,59H,2,11-12,14-21,23-28H2,(H,60,67,68)/t30?,32?,33?,34-,41?,54-/m0/s1. The van der Waals surface area contributed by atoms with Crippen LogP contribution in [0.1, 0.15) is 77.6 Å². The summed E-state index contributed by atoms with van der Waals surface area (Å²) >= 11 is 0. The molecule has 3 aromatic carbocycles. The van der Waals surface area contributed by atoms with Gasteiger partial charge in [-0.1, -0.05) is 48.4 Å². The summed E-state index contributed by atoms with van der Waals surface area (Å²) in [5, 5.41) is 10.7. The van der Waals surface area contributed by atoms with E-state index < -0.39 is 52.9 Å². The molecule has 4 unspecified atom stereocenters. The Morgan fingerprint density at radius 3 is 2.58 bits per heavy atom. The number of anilines is 2. The van der Waals surface area contributed by atoms with E-state index in [-0.39, 0.29) is 84.0 Å². The molecule has 5 amide bonds. The number of hydrogen-bond acceptors (Lipinski definition) is 14. The Hall–Kier alpha value is -7.56. The fourth-order valence-electron chi connectivity index (χ4n) is 12.5. The number of imide groups is 2. The first-order valence-electron chi connectivity index (χ1n) is 25.0. The highest BCUT2D eigenvalue weighted by atomic mass is 19.1. The molecule has 12 rings (SSSR count). The number of terminal acetylenes is 1. The van der Waals surface area contributed by atoms with Gasteiger partial charge in [-0.15, -0.1) is 6.42 Å². The van der Waals surface area contributed by atoms with Crippen LogP contribution in [0.5, 0.6) is 6.01 Å². The van der Waals surface area contributed by atoms with Crippen molar-refractivity contribution in [2.45, 2.75) is 81.1 Å². The van der Waals surface area contributed by atoms with E-state index in [4.69, 9.17) is 25.9 Å². The number of likely N-dealkylation sites (tertiary alicyclic amines) is 1. The molecule has 2 aromatic heterocycles. The van der Waals surface area contributed by atoms with E-state index in [9.17, 15) is 24.0 Å². The second-order valence-electron chi connectivity index (χ2n) is 20.5. The van der Waals surface area contributed by atoms with Gasteiger partial charge in [0.15, 0.2) is 5.82 Å². The lowest BCUT2D eigenvalue weighted by Gasteiger charge is -2.35. The van der Waals surface area contributed by atoms with Crippen LogP contribution in [0.2, 0.25) is 0 Å². The van der Waals surface area contributed by atoms with Crippen LogP contribution < -0.4 is 25.6 Å². The maximum atomic E-state index is 17.2. The number of pyridine rings is 1. The predicted molar refractivity (Wildman–Crippen MR) is 265 cm³/mol. The van der Waals surface area contributed by atoms with Gasteiger partial charge in [0.2, 0.25) is 11.8 Å². The molecule has 7 aliphatic heterocycles. The van der Waals surface area contributed by atoms with E-state index in [2.05, 4.69) is 43.2 Å². The summed E-state index contributed by atoms with van der Waals surface area (Å²) in [6.45, 7) is 7.93. The van der Waals surface area contributed by atoms with Crippen LogP contribution >= 0.6 is 0 Å². The van der Waals surface area contributed by atoms with Crippen molar-refractivity contribution in [2.24, 2.45) is 5.92 Å². The molecule has 19 heteroatoms. The first kappa shape index (κ1) is 46.5. The molecule has 2 bridgehead atoms. The molecule has 0 spiro atoms. The van der Waals surface area contributed by atoms with Gasteiger partial charge in [-0.2, -0.15) is 9.97 Å². The lowest BCUT2D eigenvalue weighted by molar-refractivity contribution is -0.136. The van der Waals surface area contributed by atoms with Gasteiger partial charge >= 0.3 is 12.1 Å². The summed E-state index contributed by atoms with van der Waals surface area (Å²) in [6, 6.07) is 12.4. The van der Waals surface area contributed by atoms with E-state index in [0.29, 0.717) is 85.3 Å².